The quantitative estimate of drug-likeness (QED) is 0.592. The molecule has 3 aliphatic carbocycles. The van der Waals surface area contributed by atoms with E-state index >= 15 is 0 Å². The smallest absolute Gasteiger partial charge is 0.257 e. The first-order valence-corrected chi connectivity index (χ1v) is 13.6. The summed E-state index contributed by atoms with van der Waals surface area (Å²) in [5, 5.41) is 13.4. The number of carbonyl (C=O) groups excluding carboxylic acids is 2. The first-order chi connectivity index (χ1) is 15.8. The molecule has 170 valence electrons. The second kappa shape index (κ2) is 8.50. The van der Waals surface area contributed by atoms with Crippen LogP contribution < -0.4 is 5.32 Å². The summed E-state index contributed by atoms with van der Waals surface area (Å²) in [4.78, 5) is 29.6. The van der Waals surface area contributed by atoms with Crippen molar-refractivity contribution in [3.63, 3.8) is 0 Å². The lowest BCUT2D eigenvalue weighted by Gasteiger charge is -2.15. The van der Waals surface area contributed by atoms with Crippen LogP contribution in [0.25, 0.3) is 5.57 Å². The number of nitrogens with one attached hydrogen (secondary N) is 1. The summed E-state index contributed by atoms with van der Waals surface area (Å²) in [5.41, 5.74) is 2.07. The van der Waals surface area contributed by atoms with Crippen molar-refractivity contribution in [2.45, 2.75) is 61.0 Å². The van der Waals surface area contributed by atoms with E-state index in [1.165, 1.54) is 11.3 Å². The van der Waals surface area contributed by atoms with Gasteiger partial charge in [0.05, 0.1) is 10.1 Å². The molecule has 3 saturated carbocycles. The molecule has 1 amide bonds. The van der Waals surface area contributed by atoms with Gasteiger partial charge in [0.2, 0.25) is 0 Å². The maximum absolute atomic E-state index is 13.3. The summed E-state index contributed by atoms with van der Waals surface area (Å²) in [5.74, 6) is -0.0432. The van der Waals surface area contributed by atoms with E-state index in [1.54, 1.807) is 17.5 Å². The standard InChI is InChI=1S/C24H23N3O4S2/c25-12-17-13-32-24(26-17)27-23(29)21(10-14-1-5-18(28)9-14)16-4-8-22(20(11-16)15-2-3-15)33(30,31)19-6-7-19/h4,8,10-11,13-15,19H,1-3,5-7,9H2,(H,26,27,29)/t14-/m0/s1. The molecule has 1 aromatic carbocycles. The van der Waals surface area contributed by atoms with Crippen LogP contribution in [0.5, 0.6) is 0 Å². The number of Topliss-reactive ketones (excluding diaryl/α,β-unsaturated/α-hetero) is 1. The van der Waals surface area contributed by atoms with Gasteiger partial charge in [0, 0.05) is 23.8 Å². The number of carbonyl (C=O) groups is 2. The van der Waals surface area contributed by atoms with Gasteiger partial charge in [-0.05, 0) is 67.2 Å². The molecule has 3 fully saturated rings. The van der Waals surface area contributed by atoms with Gasteiger partial charge in [-0.15, -0.1) is 11.3 Å². The van der Waals surface area contributed by atoms with Gasteiger partial charge in [-0.2, -0.15) is 5.26 Å². The van der Waals surface area contributed by atoms with Gasteiger partial charge in [-0.3, -0.25) is 14.9 Å². The van der Waals surface area contributed by atoms with Gasteiger partial charge in [0.15, 0.2) is 20.7 Å². The van der Waals surface area contributed by atoms with E-state index in [2.05, 4.69) is 10.3 Å². The molecule has 5 rings (SSSR count). The Morgan fingerprint density at radius 2 is 2.00 bits per heavy atom. The molecule has 1 heterocycles. The van der Waals surface area contributed by atoms with E-state index in [4.69, 9.17) is 5.26 Å². The van der Waals surface area contributed by atoms with E-state index in [1.807, 2.05) is 18.2 Å². The Bertz CT molecular complexity index is 1310. The van der Waals surface area contributed by atoms with Crippen molar-refractivity contribution >= 4 is 43.6 Å². The van der Waals surface area contributed by atoms with Crippen molar-refractivity contribution in [1.29, 1.82) is 5.26 Å². The number of rotatable bonds is 7. The van der Waals surface area contributed by atoms with Crippen molar-refractivity contribution in [1.82, 2.24) is 4.98 Å². The molecule has 1 N–H and O–H groups in total. The summed E-state index contributed by atoms with van der Waals surface area (Å²) >= 11 is 1.17. The molecule has 0 radical (unpaired) electrons. The van der Waals surface area contributed by atoms with E-state index in [0.29, 0.717) is 53.3 Å². The third-order valence-electron chi connectivity index (χ3n) is 6.38. The number of nitrogens with zero attached hydrogens (tertiary/aromatic N) is 2. The summed E-state index contributed by atoms with van der Waals surface area (Å²) < 4.78 is 26.0. The monoisotopic (exact) mass is 481 g/mol. The molecule has 0 aliphatic heterocycles. The first kappa shape index (κ1) is 22.0. The third kappa shape index (κ3) is 4.63. The van der Waals surface area contributed by atoms with Gasteiger partial charge in [0.1, 0.15) is 11.9 Å². The van der Waals surface area contributed by atoms with Gasteiger partial charge in [0.25, 0.3) is 5.91 Å². The molecular formula is C24H23N3O4S2. The molecule has 3 aliphatic rings. The highest BCUT2D eigenvalue weighted by atomic mass is 32.2. The molecule has 0 bridgehead atoms. The van der Waals surface area contributed by atoms with Crippen molar-refractivity contribution in [3.05, 3.63) is 46.5 Å². The number of benzene rings is 1. The summed E-state index contributed by atoms with van der Waals surface area (Å²) in [6.45, 7) is 0. The number of sulfone groups is 1. The Hall–Kier alpha value is -2.83. The Labute approximate surface area is 196 Å². The average Bonchev–Trinajstić information content (AvgIpc) is 3.72. The van der Waals surface area contributed by atoms with Crippen LogP contribution in [0.15, 0.2) is 34.6 Å². The Balaban J connectivity index is 1.52. The Kier molecular flexibility index (Phi) is 5.67. The highest BCUT2D eigenvalue weighted by Gasteiger charge is 2.40. The van der Waals surface area contributed by atoms with E-state index in [9.17, 15) is 18.0 Å². The van der Waals surface area contributed by atoms with E-state index < -0.39 is 9.84 Å². The largest absolute Gasteiger partial charge is 0.300 e. The van der Waals surface area contributed by atoms with Gasteiger partial charge in [-0.25, -0.2) is 13.4 Å². The SMILES string of the molecule is N#Cc1csc(NC(=O)C(=C[C@H]2CCC(=O)C2)c2ccc(S(=O)(=O)C3CC3)c(C3CC3)c2)n1. The number of allylic oxidation sites excluding steroid dienone is 1. The molecule has 7 nitrogen and oxygen atoms in total. The Morgan fingerprint density at radius 1 is 1.21 bits per heavy atom. The van der Waals surface area contributed by atoms with Crippen molar-refractivity contribution in [2.24, 2.45) is 5.92 Å². The van der Waals surface area contributed by atoms with Crippen molar-refractivity contribution in [2.75, 3.05) is 5.32 Å². The normalized spacial score (nSPS) is 21.1. The summed E-state index contributed by atoms with van der Waals surface area (Å²) in [6, 6.07) is 7.14. The lowest BCUT2D eigenvalue weighted by Crippen LogP contribution is -2.16. The van der Waals surface area contributed by atoms with Crippen LogP contribution in [0.4, 0.5) is 5.13 Å². The first-order valence-electron chi connectivity index (χ1n) is 11.1. The highest BCUT2D eigenvalue weighted by molar-refractivity contribution is 7.92. The number of ketones is 1. The Morgan fingerprint density at radius 3 is 2.61 bits per heavy atom. The lowest BCUT2D eigenvalue weighted by atomic mass is 9.96. The minimum absolute atomic E-state index is 0.0385. The van der Waals surface area contributed by atoms with E-state index in [0.717, 1.165) is 18.4 Å². The molecule has 2 aromatic rings. The number of nitriles is 1. The molecule has 1 aromatic heterocycles. The minimum Gasteiger partial charge on any atom is -0.300 e. The van der Waals surface area contributed by atoms with Crippen LogP contribution in [0, 0.1) is 17.2 Å². The fraction of sp³-hybridized carbons (Fsp3) is 0.417. The van der Waals surface area contributed by atoms with Gasteiger partial charge < -0.3 is 0 Å². The zero-order valence-corrected chi connectivity index (χ0v) is 19.5. The number of hydrogen-bond acceptors (Lipinski definition) is 7. The molecule has 0 spiro atoms. The topological polar surface area (TPSA) is 117 Å². The zero-order valence-electron chi connectivity index (χ0n) is 17.9. The molecule has 1 atom stereocenters. The van der Waals surface area contributed by atoms with Crippen LogP contribution >= 0.6 is 11.3 Å². The third-order valence-corrected chi connectivity index (χ3v) is 9.47. The maximum atomic E-state index is 13.3. The van der Waals surface area contributed by atoms with Crippen LogP contribution in [-0.2, 0) is 19.4 Å². The second-order valence-corrected chi connectivity index (χ2v) is 12.1. The zero-order chi connectivity index (χ0) is 23.2. The molecule has 0 saturated heterocycles. The number of thiazole rings is 1. The highest BCUT2D eigenvalue weighted by Crippen LogP contribution is 2.46. The number of amides is 1. The van der Waals surface area contributed by atoms with Crippen LogP contribution in [0.1, 0.15) is 67.7 Å². The summed E-state index contributed by atoms with van der Waals surface area (Å²) in [6.07, 6.45) is 6.71. The van der Waals surface area contributed by atoms with Crippen LogP contribution in [-0.4, -0.2) is 30.3 Å². The fourth-order valence-electron chi connectivity index (χ4n) is 4.32. The second-order valence-electron chi connectivity index (χ2n) is 9.00. The predicted molar refractivity (Wildman–Crippen MR) is 124 cm³/mol. The van der Waals surface area contributed by atoms with Gasteiger partial charge >= 0.3 is 0 Å². The molecule has 0 unspecified atom stereocenters. The molecule has 33 heavy (non-hydrogen) atoms. The maximum Gasteiger partial charge on any atom is 0.257 e. The number of hydrogen-bond donors (Lipinski definition) is 1. The summed E-state index contributed by atoms with van der Waals surface area (Å²) in [7, 11) is -3.35. The van der Waals surface area contributed by atoms with E-state index in [-0.39, 0.29) is 34.5 Å². The minimum atomic E-state index is -3.35. The predicted octanol–water partition coefficient (Wildman–Crippen LogP) is 4.22. The van der Waals surface area contributed by atoms with Gasteiger partial charge in [-0.1, -0.05) is 12.1 Å². The molecule has 9 heteroatoms. The fourth-order valence-corrected chi connectivity index (χ4v) is 6.88. The lowest BCUT2D eigenvalue weighted by molar-refractivity contribution is -0.117. The van der Waals surface area contributed by atoms with Crippen LogP contribution in [0.3, 0.4) is 0 Å². The molecular weight excluding hydrogens is 458 g/mol. The van der Waals surface area contributed by atoms with Crippen molar-refractivity contribution in [3.8, 4) is 6.07 Å². The van der Waals surface area contributed by atoms with Crippen molar-refractivity contribution < 1.29 is 18.0 Å². The average molecular weight is 482 g/mol. The number of aromatic nitrogens is 1. The number of anilines is 1. The van der Waals surface area contributed by atoms with Crippen LogP contribution in [0.2, 0.25) is 0 Å².